The van der Waals surface area contributed by atoms with Gasteiger partial charge in [-0.2, -0.15) is 13.2 Å². The molecule has 11 heteroatoms. The number of carbonyl (C=O) groups excluding carboxylic acids is 1. The minimum absolute atomic E-state index is 0.191. The number of alkyl halides is 3. The van der Waals surface area contributed by atoms with Gasteiger partial charge in [-0.15, -0.1) is 0 Å². The molecular weight excluding hydrogens is 449 g/mol. The Kier molecular flexibility index (Phi) is 6.22. The van der Waals surface area contributed by atoms with Crippen LogP contribution in [0.4, 0.5) is 40.8 Å². The molecule has 2 aromatic rings. The molecule has 34 heavy (non-hydrogen) atoms. The van der Waals surface area contributed by atoms with Crippen LogP contribution in [0.2, 0.25) is 0 Å². The van der Waals surface area contributed by atoms with Crippen molar-refractivity contribution < 1.29 is 22.7 Å². The number of ether oxygens (including phenoxy) is 1. The number of anilines is 4. The molecule has 2 saturated heterocycles. The van der Waals surface area contributed by atoms with Crippen LogP contribution in [0.3, 0.4) is 0 Å². The standard InChI is InChI=1S/C23H27F3N6O2/c24-23(25,26)16-29-6-8-31(9-7-29)22(33)32-15-17-2-1-5-27-21(17)28-19-4-3-18(14-20(19)32)30-10-12-34-13-11-30/h1-5,14H,6-13,15-16H2,(H,27,28). The first-order chi connectivity index (χ1) is 16.4. The number of nitrogens with one attached hydrogen (secondary N) is 1. The number of hydrogen-bond acceptors (Lipinski definition) is 6. The molecule has 0 atom stereocenters. The molecule has 8 nitrogen and oxygen atoms in total. The zero-order valence-electron chi connectivity index (χ0n) is 18.7. The summed E-state index contributed by atoms with van der Waals surface area (Å²) in [6.07, 6.45) is -2.54. The zero-order valence-corrected chi connectivity index (χ0v) is 18.7. The molecule has 182 valence electrons. The van der Waals surface area contributed by atoms with E-state index < -0.39 is 12.7 Å². The average Bonchev–Trinajstić information content (AvgIpc) is 3.00. The van der Waals surface area contributed by atoms with E-state index in [9.17, 15) is 18.0 Å². The summed E-state index contributed by atoms with van der Waals surface area (Å²) < 4.78 is 43.8. The van der Waals surface area contributed by atoms with E-state index in [1.807, 2.05) is 30.3 Å². The minimum atomic E-state index is -4.24. The molecular formula is C23H27F3N6O2. The Morgan fingerprint density at radius 2 is 1.82 bits per heavy atom. The van der Waals surface area contributed by atoms with Crippen molar-refractivity contribution in [1.29, 1.82) is 0 Å². The number of carbonyl (C=O) groups is 1. The number of halogens is 3. The normalized spacial score (nSPS) is 19.2. The van der Waals surface area contributed by atoms with Crippen LogP contribution in [0.15, 0.2) is 36.5 Å². The lowest BCUT2D eigenvalue weighted by Crippen LogP contribution is -2.54. The van der Waals surface area contributed by atoms with Gasteiger partial charge < -0.3 is 19.9 Å². The quantitative estimate of drug-likeness (QED) is 0.718. The number of piperazine rings is 1. The second-order valence-electron chi connectivity index (χ2n) is 8.68. The summed E-state index contributed by atoms with van der Waals surface area (Å²) in [6.45, 7) is 3.07. The summed E-state index contributed by atoms with van der Waals surface area (Å²) in [5.74, 6) is 0.688. The van der Waals surface area contributed by atoms with Gasteiger partial charge in [0.1, 0.15) is 5.82 Å². The van der Waals surface area contributed by atoms with Gasteiger partial charge in [0.25, 0.3) is 0 Å². The van der Waals surface area contributed by atoms with Crippen LogP contribution < -0.4 is 15.1 Å². The van der Waals surface area contributed by atoms with Crippen molar-refractivity contribution in [3.63, 3.8) is 0 Å². The summed E-state index contributed by atoms with van der Waals surface area (Å²) in [4.78, 5) is 25.0. The van der Waals surface area contributed by atoms with Gasteiger partial charge in [-0.05, 0) is 24.3 Å². The van der Waals surface area contributed by atoms with Crippen molar-refractivity contribution in [3.8, 4) is 0 Å². The molecule has 2 amide bonds. The maximum Gasteiger partial charge on any atom is 0.401 e. The molecule has 0 aliphatic carbocycles. The van der Waals surface area contributed by atoms with Gasteiger partial charge in [0.2, 0.25) is 0 Å². The molecule has 4 heterocycles. The van der Waals surface area contributed by atoms with Gasteiger partial charge in [0, 0.05) is 56.7 Å². The van der Waals surface area contributed by atoms with E-state index in [1.54, 1.807) is 16.0 Å². The van der Waals surface area contributed by atoms with Crippen molar-refractivity contribution >= 4 is 28.9 Å². The third kappa shape index (κ3) is 4.90. The molecule has 1 aromatic carbocycles. The number of hydrogen-bond donors (Lipinski definition) is 1. The van der Waals surface area contributed by atoms with Gasteiger partial charge in [-0.1, -0.05) is 6.07 Å². The molecule has 0 unspecified atom stereocenters. The highest BCUT2D eigenvalue weighted by atomic mass is 19.4. The number of aromatic nitrogens is 1. The number of pyridine rings is 1. The van der Waals surface area contributed by atoms with Crippen LogP contribution in [0, 0.1) is 0 Å². The van der Waals surface area contributed by atoms with E-state index >= 15 is 0 Å². The van der Waals surface area contributed by atoms with Gasteiger partial charge >= 0.3 is 12.2 Å². The first-order valence-corrected chi connectivity index (χ1v) is 11.4. The fourth-order valence-corrected chi connectivity index (χ4v) is 4.62. The Morgan fingerprint density at radius 1 is 1.06 bits per heavy atom. The maximum absolute atomic E-state index is 13.7. The highest BCUT2D eigenvalue weighted by Crippen LogP contribution is 2.38. The van der Waals surface area contributed by atoms with E-state index in [1.165, 1.54) is 4.90 Å². The SMILES string of the molecule is O=C(N1CCN(CC(F)(F)F)CC1)N1Cc2cccnc2Nc2ccc(N3CCOCC3)cc21. The van der Waals surface area contributed by atoms with Crippen LogP contribution >= 0.6 is 0 Å². The Morgan fingerprint density at radius 3 is 2.56 bits per heavy atom. The lowest BCUT2D eigenvalue weighted by molar-refractivity contribution is -0.148. The van der Waals surface area contributed by atoms with Crippen molar-refractivity contribution in [3.05, 3.63) is 42.1 Å². The Bertz CT molecular complexity index is 1040. The Hall–Kier alpha value is -3.05. The van der Waals surface area contributed by atoms with Crippen LogP contribution in [0.1, 0.15) is 5.56 Å². The first kappa shape index (κ1) is 22.7. The number of rotatable bonds is 2. The van der Waals surface area contributed by atoms with Crippen molar-refractivity contribution in [2.75, 3.05) is 74.1 Å². The third-order valence-electron chi connectivity index (χ3n) is 6.40. The summed E-state index contributed by atoms with van der Waals surface area (Å²) in [5.41, 5.74) is 3.36. The van der Waals surface area contributed by atoms with Crippen molar-refractivity contribution in [2.24, 2.45) is 0 Å². The van der Waals surface area contributed by atoms with Gasteiger partial charge in [0.05, 0.1) is 37.7 Å². The molecule has 1 N–H and O–H groups in total. The monoisotopic (exact) mass is 476 g/mol. The van der Waals surface area contributed by atoms with Gasteiger partial charge in [-0.3, -0.25) is 9.80 Å². The van der Waals surface area contributed by atoms with Crippen LogP contribution in [0.25, 0.3) is 0 Å². The number of morpholine rings is 1. The Labute approximate surface area is 195 Å². The summed E-state index contributed by atoms with van der Waals surface area (Å²) >= 11 is 0. The van der Waals surface area contributed by atoms with Crippen LogP contribution in [0.5, 0.6) is 0 Å². The highest BCUT2D eigenvalue weighted by molar-refractivity contribution is 5.98. The van der Waals surface area contributed by atoms with E-state index in [0.717, 1.165) is 35.7 Å². The molecule has 0 spiro atoms. The number of amides is 2. The molecule has 5 rings (SSSR count). The van der Waals surface area contributed by atoms with E-state index in [4.69, 9.17) is 4.74 Å². The predicted octanol–water partition coefficient (Wildman–Crippen LogP) is 3.28. The number of nitrogens with zero attached hydrogens (tertiary/aromatic N) is 5. The maximum atomic E-state index is 13.7. The first-order valence-electron chi connectivity index (χ1n) is 11.4. The molecule has 0 radical (unpaired) electrons. The highest BCUT2D eigenvalue weighted by Gasteiger charge is 2.35. The lowest BCUT2D eigenvalue weighted by atomic mass is 10.2. The topological polar surface area (TPSA) is 64.2 Å². The molecule has 3 aliphatic heterocycles. The van der Waals surface area contributed by atoms with Gasteiger partial charge in [-0.25, -0.2) is 9.78 Å². The molecule has 3 aliphatic rings. The molecule has 0 saturated carbocycles. The second-order valence-corrected chi connectivity index (χ2v) is 8.68. The summed E-state index contributed by atoms with van der Waals surface area (Å²) in [6, 6.07) is 9.50. The predicted molar refractivity (Wildman–Crippen MR) is 123 cm³/mol. The average molecular weight is 477 g/mol. The smallest absolute Gasteiger partial charge is 0.378 e. The largest absolute Gasteiger partial charge is 0.401 e. The number of urea groups is 1. The number of benzene rings is 1. The van der Waals surface area contributed by atoms with Crippen molar-refractivity contribution in [2.45, 2.75) is 12.7 Å². The molecule has 1 aromatic heterocycles. The molecule has 2 fully saturated rings. The van der Waals surface area contributed by atoms with Crippen LogP contribution in [-0.4, -0.2) is 86.0 Å². The summed E-state index contributed by atoms with van der Waals surface area (Å²) in [5, 5.41) is 3.35. The van der Waals surface area contributed by atoms with Gasteiger partial charge in [0.15, 0.2) is 0 Å². The third-order valence-corrected chi connectivity index (χ3v) is 6.40. The van der Waals surface area contributed by atoms with Crippen LogP contribution in [-0.2, 0) is 11.3 Å². The van der Waals surface area contributed by atoms with E-state index in [-0.39, 0.29) is 32.2 Å². The Balaban J connectivity index is 1.42. The van der Waals surface area contributed by atoms with E-state index in [0.29, 0.717) is 25.6 Å². The zero-order chi connectivity index (χ0) is 23.7. The fourth-order valence-electron chi connectivity index (χ4n) is 4.62. The fraction of sp³-hybridized carbons (Fsp3) is 0.478. The molecule has 0 bridgehead atoms. The second kappa shape index (κ2) is 9.30. The lowest BCUT2D eigenvalue weighted by Gasteiger charge is -2.38. The summed E-state index contributed by atoms with van der Waals surface area (Å²) in [7, 11) is 0. The van der Waals surface area contributed by atoms with Crippen molar-refractivity contribution in [1.82, 2.24) is 14.8 Å². The number of fused-ring (bicyclic) bond motifs is 2. The van der Waals surface area contributed by atoms with E-state index in [2.05, 4.69) is 15.2 Å². The minimum Gasteiger partial charge on any atom is -0.378 e.